The van der Waals surface area contributed by atoms with Gasteiger partial charge in [0.1, 0.15) is 12.0 Å². The summed E-state index contributed by atoms with van der Waals surface area (Å²) in [5, 5.41) is 10.6. The molecule has 1 fully saturated rings. The lowest BCUT2D eigenvalue weighted by Gasteiger charge is -2.22. The lowest BCUT2D eigenvalue weighted by atomic mass is 9.94. The van der Waals surface area contributed by atoms with Gasteiger partial charge in [-0.15, -0.1) is 0 Å². The number of nitrogens with zero attached hydrogens (tertiary/aromatic N) is 3. The van der Waals surface area contributed by atoms with Crippen LogP contribution in [0.4, 0.5) is 0 Å². The third kappa shape index (κ3) is 2.98. The Kier molecular flexibility index (Phi) is 3.55. The largest absolute Gasteiger partial charge is 0.316 e. The number of H-pyrrole nitrogens is 1. The van der Waals surface area contributed by atoms with Crippen LogP contribution in [0.5, 0.6) is 0 Å². The summed E-state index contributed by atoms with van der Waals surface area (Å²) in [7, 11) is 0. The molecule has 5 nitrogen and oxygen atoms in total. The molecule has 0 spiro atoms. The van der Waals surface area contributed by atoms with E-state index in [0.29, 0.717) is 5.92 Å². The molecule has 2 N–H and O–H groups in total. The van der Waals surface area contributed by atoms with E-state index in [1.807, 2.05) is 13.0 Å². The SMILES string of the molecule is Cc1cc(-c2cc(C[C@H]3CCCNC3)ncn2)n[nH]1. The molecule has 0 amide bonds. The average molecular weight is 257 g/mol. The van der Waals surface area contributed by atoms with Gasteiger partial charge >= 0.3 is 0 Å². The summed E-state index contributed by atoms with van der Waals surface area (Å²) < 4.78 is 0. The Morgan fingerprint density at radius 1 is 1.26 bits per heavy atom. The molecule has 5 heteroatoms. The molecule has 3 heterocycles. The van der Waals surface area contributed by atoms with E-state index in [0.717, 1.165) is 42.3 Å². The Morgan fingerprint density at radius 2 is 2.21 bits per heavy atom. The van der Waals surface area contributed by atoms with Crippen LogP contribution in [0.1, 0.15) is 24.2 Å². The number of nitrogens with one attached hydrogen (secondary N) is 2. The number of rotatable bonds is 3. The van der Waals surface area contributed by atoms with Crippen molar-refractivity contribution < 1.29 is 0 Å². The van der Waals surface area contributed by atoms with E-state index in [-0.39, 0.29) is 0 Å². The molecule has 0 aromatic carbocycles. The fraction of sp³-hybridized carbons (Fsp3) is 0.500. The summed E-state index contributed by atoms with van der Waals surface area (Å²) in [6, 6.07) is 4.07. The molecule has 0 radical (unpaired) electrons. The van der Waals surface area contributed by atoms with Crippen LogP contribution >= 0.6 is 0 Å². The van der Waals surface area contributed by atoms with Gasteiger partial charge in [-0.05, 0) is 57.3 Å². The maximum absolute atomic E-state index is 4.39. The summed E-state index contributed by atoms with van der Waals surface area (Å²) in [5.41, 5.74) is 3.95. The summed E-state index contributed by atoms with van der Waals surface area (Å²) in [5.74, 6) is 0.692. The predicted molar refractivity (Wildman–Crippen MR) is 73.6 cm³/mol. The first-order valence-corrected chi connectivity index (χ1v) is 6.85. The maximum Gasteiger partial charge on any atom is 0.116 e. The van der Waals surface area contributed by atoms with E-state index in [9.17, 15) is 0 Å². The molecule has 1 aliphatic heterocycles. The van der Waals surface area contributed by atoms with E-state index in [1.54, 1.807) is 6.33 Å². The first-order chi connectivity index (χ1) is 9.31. The summed E-state index contributed by atoms with van der Waals surface area (Å²) in [4.78, 5) is 8.70. The Balaban J connectivity index is 1.75. The molecule has 100 valence electrons. The standard InChI is InChI=1S/C14H19N5/c1-10-5-14(19-18-10)13-7-12(16-9-17-13)6-11-3-2-4-15-8-11/h5,7,9,11,15H,2-4,6,8H2,1H3,(H,18,19)/t11-/m1/s1. The van der Waals surface area contributed by atoms with Gasteiger partial charge in [0.2, 0.25) is 0 Å². The van der Waals surface area contributed by atoms with E-state index >= 15 is 0 Å². The third-order valence-corrected chi connectivity index (χ3v) is 3.59. The van der Waals surface area contributed by atoms with Crippen molar-refractivity contribution in [3.05, 3.63) is 29.8 Å². The van der Waals surface area contributed by atoms with E-state index in [1.165, 1.54) is 12.8 Å². The van der Waals surface area contributed by atoms with Gasteiger partial charge in [-0.25, -0.2) is 9.97 Å². The van der Waals surface area contributed by atoms with Gasteiger partial charge in [-0.3, -0.25) is 5.10 Å². The number of aromatic nitrogens is 4. The van der Waals surface area contributed by atoms with E-state index in [2.05, 4.69) is 31.5 Å². The highest BCUT2D eigenvalue weighted by Gasteiger charge is 2.15. The van der Waals surface area contributed by atoms with Crippen LogP contribution in [-0.4, -0.2) is 33.3 Å². The van der Waals surface area contributed by atoms with Gasteiger partial charge in [-0.2, -0.15) is 5.10 Å². The van der Waals surface area contributed by atoms with Gasteiger partial charge < -0.3 is 5.32 Å². The average Bonchev–Trinajstić information content (AvgIpc) is 2.87. The monoisotopic (exact) mass is 257 g/mol. The van der Waals surface area contributed by atoms with Gasteiger partial charge in [-0.1, -0.05) is 0 Å². The quantitative estimate of drug-likeness (QED) is 0.878. The number of piperidine rings is 1. The third-order valence-electron chi connectivity index (χ3n) is 3.59. The minimum atomic E-state index is 0.692. The molecule has 2 aromatic rings. The molecular weight excluding hydrogens is 238 g/mol. The van der Waals surface area contributed by atoms with Crippen molar-refractivity contribution in [3.63, 3.8) is 0 Å². The molecule has 0 aliphatic carbocycles. The lowest BCUT2D eigenvalue weighted by Crippen LogP contribution is -2.31. The second kappa shape index (κ2) is 5.48. The molecular formula is C14H19N5. The zero-order chi connectivity index (χ0) is 13.1. The topological polar surface area (TPSA) is 66.5 Å². The Morgan fingerprint density at radius 3 is 2.95 bits per heavy atom. The minimum Gasteiger partial charge on any atom is -0.316 e. The van der Waals surface area contributed by atoms with E-state index < -0.39 is 0 Å². The minimum absolute atomic E-state index is 0.692. The first-order valence-electron chi connectivity index (χ1n) is 6.85. The van der Waals surface area contributed by atoms with Crippen LogP contribution in [0, 0.1) is 12.8 Å². The fourth-order valence-corrected chi connectivity index (χ4v) is 2.59. The molecule has 0 bridgehead atoms. The van der Waals surface area contributed by atoms with Crippen molar-refractivity contribution in [2.75, 3.05) is 13.1 Å². The highest BCUT2D eigenvalue weighted by Crippen LogP contribution is 2.19. The predicted octanol–water partition coefficient (Wildman–Crippen LogP) is 1.72. The summed E-state index contributed by atoms with van der Waals surface area (Å²) >= 11 is 0. The highest BCUT2D eigenvalue weighted by molar-refractivity contribution is 5.54. The number of aryl methyl sites for hydroxylation is 1. The number of hydrogen-bond donors (Lipinski definition) is 2. The van der Waals surface area contributed by atoms with Crippen LogP contribution in [0.25, 0.3) is 11.4 Å². The molecule has 1 aliphatic rings. The van der Waals surface area contributed by atoms with Crippen molar-refractivity contribution in [1.29, 1.82) is 0 Å². The van der Waals surface area contributed by atoms with Crippen molar-refractivity contribution in [3.8, 4) is 11.4 Å². The Bertz CT molecular complexity index is 542. The van der Waals surface area contributed by atoms with Crippen LogP contribution in [0.3, 0.4) is 0 Å². The molecule has 3 rings (SSSR count). The number of hydrogen-bond acceptors (Lipinski definition) is 4. The zero-order valence-corrected chi connectivity index (χ0v) is 11.2. The van der Waals surface area contributed by atoms with Crippen molar-refractivity contribution in [2.24, 2.45) is 5.92 Å². The molecule has 0 unspecified atom stereocenters. The smallest absolute Gasteiger partial charge is 0.116 e. The fourth-order valence-electron chi connectivity index (χ4n) is 2.59. The maximum atomic E-state index is 4.39. The summed E-state index contributed by atoms with van der Waals surface area (Å²) in [6.45, 7) is 4.24. The van der Waals surface area contributed by atoms with Gasteiger partial charge in [0, 0.05) is 11.4 Å². The lowest BCUT2D eigenvalue weighted by molar-refractivity contribution is 0.373. The van der Waals surface area contributed by atoms with Gasteiger partial charge in [0.15, 0.2) is 0 Å². The second-order valence-corrected chi connectivity index (χ2v) is 5.25. The van der Waals surface area contributed by atoms with Crippen molar-refractivity contribution in [2.45, 2.75) is 26.2 Å². The second-order valence-electron chi connectivity index (χ2n) is 5.25. The van der Waals surface area contributed by atoms with Crippen LogP contribution in [0.2, 0.25) is 0 Å². The van der Waals surface area contributed by atoms with Crippen LogP contribution < -0.4 is 5.32 Å². The molecule has 2 aromatic heterocycles. The van der Waals surface area contributed by atoms with Gasteiger partial charge in [0.25, 0.3) is 0 Å². The van der Waals surface area contributed by atoms with Crippen molar-refractivity contribution >= 4 is 0 Å². The molecule has 1 atom stereocenters. The molecule has 0 saturated carbocycles. The van der Waals surface area contributed by atoms with Gasteiger partial charge in [0.05, 0.1) is 5.69 Å². The zero-order valence-electron chi connectivity index (χ0n) is 11.2. The van der Waals surface area contributed by atoms with Crippen molar-refractivity contribution in [1.82, 2.24) is 25.5 Å². The molecule has 19 heavy (non-hydrogen) atoms. The van der Waals surface area contributed by atoms with Crippen LogP contribution in [0.15, 0.2) is 18.5 Å². The Labute approximate surface area is 112 Å². The highest BCUT2D eigenvalue weighted by atomic mass is 15.1. The van der Waals surface area contributed by atoms with E-state index in [4.69, 9.17) is 0 Å². The first kappa shape index (κ1) is 12.3. The van der Waals surface area contributed by atoms with Crippen LogP contribution in [-0.2, 0) is 6.42 Å². The normalized spacial score (nSPS) is 19.5. The Hall–Kier alpha value is -1.75. The molecule has 1 saturated heterocycles. The summed E-state index contributed by atoms with van der Waals surface area (Å²) in [6.07, 6.45) is 5.21. The number of aromatic amines is 1.